The number of carbonyl (C=O) groups is 2. The van der Waals surface area contributed by atoms with Crippen LogP contribution in [0.25, 0.3) is 0 Å². The molecule has 0 spiro atoms. The molecule has 0 unspecified atom stereocenters. The van der Waals surface area contributed by atoms with Gasteiger partial charge in [0.1, 0.15) is 17.1 Å². The Labute approximate surface area is 171 Å². The molecule has 0 saturated heterocycles. The molecule has 2 heterocycles. The quantitative estimate of drug-likeness (QED) is 0.684. The van der Waals surface area contributed by atoms with Gasteiger partial charge in [-0.05, 0) is 43.9 Å². The molecule has 2 aromatic rings. The van der Waals surface area contributed by atoms with Gasteiger partial charge in [-0.3, -0.25) is 4.79 Å². The van der Waals surface area contributed by atoms with E-state index in [9.17, 15) is 14.0 Å². The fourth-order valence-electron chi connectivity index (χ4n) is 3.54. The summed E-state index contributed by atoms with van der Waals surface area (Å²) in [5.41, 5.74) is -0.0292. The van der Waals surface area contributed by atoms with Crippen molar-refractivity contribution in [2.45, 2.75) is 37.8 Å². The summed E-state index contributed by atoms with van der Waals surface area (Å²) in [5.74, 6) is 0.259. The maximum atomic E-state index is 13.8. The van der Waals surface area contributed by atoms with Gasteiger partial charge in [-0.25, -0.2) is 14.2 Å². The van der Waals surface area contributed by atoms with Gasteiger partial charge in [-0.1, -0.05) is 0 Å². The molecule has 2 aliphatic rings. The summed E-state index contributed by atoms with van der Waals surface area (Å²) in [6, 6.07) is 5.71. The fourth-order valence-corrected chi connectivity index (χ4v) is 3.54. The van der Waals surface area contributed by atoms with E-state index in [1.165, 1.54) is 0 Å². The first-order valence-corrected chi connectivity index (χ1v) is 9.51. The second kappa shape index (κ2) is 8.44. The summed E-state index contributed by atoms with van der Waals surface area (Å²) < 4.78 is 30.0. The summed E-state index contributed by atoms with van der Waals surface area (Å²) in [7, 11) is 0. The van der Waals surface area contributed by atoms with Crippen LogP contribution in [0.15, 0.2) is 30.5 Å². The molecule has 0 atom stereocenters. The minimum Gasteiger partial charge on any atom is -0.465 e. The van der Waals surface area contributed by atoms with Crippen molar-refractivity contribution in [1.29, 1.82) is 0 Å². The monoisotopic (exact) mass is 417 g/mol. The molecule has 9 nitrogen and oxygen atoms in total. The Morgan fingerprint density at radius 2 is 1.77 bits per heavy atom. The van der Waals surface area contributed by atoms with E-state index in [4.69, 9.17) is 19.3 Å². The van der Waals surface area contributed by atoms with Crippen molar-refractivity contribution < 1.29 is 33.3 Å². The largest absolute Gasteiger partial charge is 0.465 e. The Morgan fingerprint density at radius 1 is 1.07 bits per heavy atom. The van der Waals surface area contributed by atoms with E-state index in [0.717, 1.165) is 12.3 Å². The van der Waals surface area contributed by atoms with Crippen LogP contribution in [-0.4, -0.2) is 41.0 Å². The fraction of sp³-hybridized carbons (Fsp3) is 0.350. The molecule has 1 fully saturated rings. The van der Waals surface area contributed by atoms with Crippen LogP contribution in [0.4, 0.5) is 9.18 Å². The van der Waals surface area contributed by atoms with Crippen LogP contribution in [0.5, 0.6) is 23.1 Å². The van der Waals surface area contributed by atoms with E-state index in [0.29, 0.717) is 42.9 Å². The van der Waals surface area contributed by atoms with E-state index < -0.39 is 17.8 Å². The first-order valence-electron chi connectivity index (χ1n) is 9.51. The zero-order valence-electron chi connectivity index (χ0n) is 15.9. The van der Waals surface area contributed by atoms with Crippen LogP contribution >= 0.6 is 0 Å². The maximum Gasteiger partial charge on any atom is 0.404 e. The lowest BCUT2D eigenvalue weighted by molar-refractivity contribution is 0.0919. The van der Waals surface area contributed by atoms with E-state index >= 15 is 0 Å². The van der Waals surface area contributed by atoms with Gasteiger partial charge >= 0.3 is 6.09 Å². The lowest BCUT2D eigenvalue weighted by atomic mass is 9.91. The molecular formula is C20H20FN3O6. The highest BCUT2D eigenvalue weighted by Crippen LogP contribution is 2.36. The van der Waals surface area contributed by atoms with Gasteiger partial charge < -0.3 is 30.0 Å². The van der Waals surface area contributed by atoms with Crippen molar-refractivity contribution in [3.8, 4) is 23.1 Å². The van der Waals surface area contributed by atoms with Gasteiger partial charge in [-0.15, -0.1) is 0 Å². The minimum atomic E-state index is -1.06. The number of halogens is 1. The molecule has 0 radical (unpaired) electrons. The Morgan fingerprint density at radius 3 is 2.50 bits per heavy atom. The lowest BCUT2D eigenvalue weighted by Crippen LogP contribution is -2.43. The van der Waals surface area contributed by atoms with Gasteiger partial charge in [0, 0.05) is 18.2 Å². The van der Waals surface area contributed by atoms with Crippen LogP contribution in [0, 0.1) is 5.82 Å². The topological polar surface area (TPSA) is 119 Å². The molecule has 0 bridgehead atoms. The molecule has 30 heavy (non-hydrogen) atoms. The van der Waals surface area contributed by atoms with Gasteiger partial charge in [0.2, 0.25) is 12.7 Å². The number of carboxylic acid groups (broad SMARTS) is 1. The van der Waals surface area contributed by atoms with E-state index in [-0.39, 0.29) is 30.3 Å². The van der Waals surface area contributed by atoms with Gasteiger partial charge in [0.25, 0.3) is 5.91 Å². The molecule has 1 aliphatic carbocycles. The Hall–Kier alpha value is -3.56. The highest BCUT2D eigenvalue weighted by atomic mass is 19.1. The van der Waals surface area contributed by atoms with Crippen LogP contribution in [0.1, 0.15) is 36.0 Å². The second-order valence-corrected chi connectivity index (χ2v) is 7.09. The number of nitrogens with one attached hydrogen (secondary N) is 2. The average molecular weight is 417 g/mol. The summed E-state index contributed by atoms with van der Waals surface area (Å²) in [4.78, 5) is 27.4. The van der Waals surface area contributed by atoms with E-state index in [1.807, 2.05) is 0 Å². The number of aromatic nitrogens is 1. The molecule has 10 heteroatoms. The van der Waals surface area contributed by atoms with Gasteiger partial charge in [-0.2, -0.15) is 0 Å². The summed E-state index contributed by atoms with van der Waals surface area (Å²) in [5, 5.41) is 14.1. The number of amides is 2. The van der Waals surface area contributed by atoms with Crippen molar-refractivity contribution in [3.63, 3.8) is 0 Å². The number of nitrogens with zero attached hydrogens (tertiary/aromatic N) is 1. The number of carbonyl (C=O) groups excluding carboxylic acids is 1. The number of benzene rings is 1. The van der Waals surface area contributed by atoms with Crippen molar-refractivity contribution in [1.82, 2.24) is 15.6 Å². The standard InChI is InChI=1S/C20H20FN3O6/c21-11-7-15(18(25)23-12-1-3-13(4-2-12)24-20(26)27)19(22-9-11)30-14-5-6-16-17(8-14)29-10-28-16/h5-9,12-13,24H,1-4,10H2,(H,23,25)(H,26,27). The summed E-state index contributed by atoms with van der Waals surface area (Å²) in [6.07, 6.45) is 2.36. The number of hydrogen-bond donors (Lipinski definition) is 3. The molecule has 1 aliphatic heterocycles. The molecule has 158 valence electrons. The minimum absolute atomic E-state index is 0.0292. The second-order valence-electron chi connectivity index (χ2n) is 7.09. The molecule has 1 saturated carbocycles. The highest BCUT2D eigenvalue weighted by Gasteiger charge is 2.25. The van der Waals surface area contributed by atoms with Crippen LogP contribution < -0.4 is 24.8 Å². The average Bonchev–Trinajstić information content (AvgIpc) is 3.18. The summed E-state index contributed by atoms with van der Waals surface area (Å²) >= 11 is 0. The van der Waals surface area contributed by atoms with E-state index in [1.54, 1.807) is 18.2 Å². The predicted molar refractivity (Wildman–Crippen MR) is 102 cm³/mol. The zero-order valence-corrected chi connectivity index (χ0v) is 15.9. The van der Waals surface area contributed by atoms with Crippen LogP contribution in [0.3, 0.4) is 0 Å². The Bertz CT molecular complexity index is 962. The summed E-state index contributed by atoms with van der Waals surface area (Å²) in [6.45, 7) is 0.117. The molecule has 2 amide bonds. The Kier molecular flexibility index (Phi) is 5.55. The molecule has 4 rings (SSSR count). The van der Waals surface area contributed by atoms with Crippen molar-refractivity contribution >= 4 is 12.0 Å². The smallest absolute Gasteiger partial charge is 0.404 e. The third-order valence-corrected chi connectivity index (χ3v) is 5.01. The number of hydrogen-bond acceptors (Lipinski definition) is 6. The predicted octanol–water partition coefficient (Wildman–Crippen LogP) is 3.05. The van der Waals surface area contributed by atoms with Crippen LogP contribution in [-0.2, 0) is 0 Å². The third kappa shape index (κ3) is 4.53. The Balaban J connectivity index is 1.44. The van der Waals surface area contributed by atoms with Crippen LogP contribution in [0.2, 0.25) is 0 Å². The number of fused-ring (bicyclic) bond motifs is 1. The molecular weight excluding hydrogens is 397 g/mol. The maximum absolute atomic E-state index is 13.8. The van der Waals surface area contributed by atoms with Gasteiger partial charge in [0.05, 0.1) is 6.20 Å². The van der Waals surface area contributed by atoms with Gasteiger partial charge in [0.15, 0.2) is 11.5 Å². The number of ether oxygens (including phenoxy) is 3. The lowest BCUT2D eigenvalue weighted by Gasteiger charge is -2.29. The normalized spacial score (nSPS) is 19.8. The molecule has 3 N–H and O–H groups in total. The first-order chi connectivity index (χ1) is 14.5. The zero-order chi connectivity index (χ0) is 21.1. The first kappa shape index (κ1) is 19.7. The molecule has 1 aromatic carbocycles. The van der Waals surface area contributed by atoms with E-state index in [2.05, 4.69) is 15.6 Å². The molecule has 1 aromatic heterocycles. The van der Waals surface area contributed by atoms with Crippen molar-refractivity contribution in [3.05, 3.63) is 41.8 Å². The van der Waals surface area contributed by atoms with Crippen molar-refractivity contribution in [2.24, 2.45) is 0 Å². The number of pyridine rings is 1. The third-order valence-electron chi connectivity index (χ3n) is 5.01. The number of rotatable bonds is 5. The SMILES string of the molecule is O=C(O)NC1CCC(NC(=O)c2cc(F)cnc2Oc2ccc3c(c2)OCO3)CC1. The highest BCUT2D eigenvalue weighted by molar-refractivity contribution is 5.96. The van der Waals surface area contributed by atoms with Crippen molar-refractivity contribution in [2.75, 3.05) is 6.79 Å².